The number of likely N-dealkylation sites (tertiary alicyclic amines) is 1. The number of nitrogens with zero attached hydrogens (tertiary/aromatic N) is 4. The molecule has 2 heterocycles. The molecular formula is C24H32N4O3. The molecule has 1 saturated heterocycles. The largest absolute Gasteiger partial charge is 0.444 e. The highest BCUT2D eigenvalue weighted by molar-refractivity contribution is 5.95. The number of ether oxygens (including phenoxy) is 1. The summed E-state index contributed by atoms with van der Waals surface area (Å²) in [4.78, 5) is 33.8. The third-order valence-corrected chi connectivity index (χ3v) is 5.93. The van der Waals surface area contributed by atoms with Gasteiger partial charge in [0.15, 0.2) is 0 Å². The Balaban J connectivity index is 1.42. The Morgan fingerprint density at radius 2 is 1.65 bits per heavy atom. The van der Waals surface area contributed by atoms with Gasteiger partial charge in [0.2, 0.25) is 0 Å². The molecule has 0 N–H and O–H groups in total. The molecule has 1 aromatic carbocycles. The van der Waals surface area contributed by atoms with E-state index in [1.165, 1.54) is 0 Å². The highest BCUT2D eigenvalue weighted by Crippen LogP contribution is 2.34. The summed E-state index contributed by atoms with van der Waals surface area (Å²) < 4.78 is 7.46. The third kappa shape index (κ3) is 4.92. The lowest BCUT2D eigenvalue weighted by atomic mass is 10.0. The first kappa shape index (κ1) is 21.4. The maximum atomic E-state index is 13.4. The van der Waals surface area contributed by atoms with Crippen LogP contribution in [0.4, 0.5) is 4.79 Å². The van der Waals surface area contributed by atoms with Crippen molar-refractivity contribution >= 4 is 12.0 Å². The van der Waals surface area contributed by atoms with Crippen LogP contribution in [0.5, 0.6) is 0 Å². The summed E-state index contributed by atoms with van der Waals surface area (Å²) in [6, 6.07) is 8.28. The Morgan fingerprint density at radius 3 is 2.16 bits per heavy atom. The number of hydrogen-bond donors (Lipinski definition) is 0. The molecule has 0 radical (unpaired) electrons. The van der Waals surface area contributed by atoms with Gasteiger partial charge in [0.25, 0.3) is 5.91 Å². The van der Waals surface area contributed by atoms with Crippen molar-refractivity contribution in [3.8, 4) is 11.3 Å². The topological polar surface area (TPSA) is 67.7 Å². The van der Waals surface area contributed by atoms with Crippen molar-refractivity contribution in [3.63, 3.8) is 0 Å². The molecule has 0 spiro atoms. The number of rotatable bonds is 4. The van der Waals surface area contributed by atoms with Gasteiger partial charge in [-0.3, -0.25) is 4.79 Å². The first-order valence-corrected chi connectivity index (χ1v) is 11.1. The summed E-state index contributed by atoms with van der Waals surface area (Å²) in [6.45, 7) is 6.88. The molecule has 31 heavy (non-hydrogen) atoms. The van der Waals surface area contributed by atoms with Crippen molar-refractivity contribution in [2.45, 2.75) is 64.1 Å². The molecule has 4 rings (SSSR count). The quantitative estimate of drug-likeness (QED) is 0.741. The number of carbonyl (C=O) groups is 2. The Labute approximate surface area is 184 Å². The molecule has 0 unspecified atom stereocenters. The van der Waals surface area contributed by atoms with Gasteiger partial charge in [-0.2, -0.15) is 0 Å². The van der Waals surface area contributed by atoms with Gasteiger partial charge in [-0.05, 0) is 64.2 Å². The van der Waals surface area contributed by atoms with Crippen molar-refractivity contribution in [1.82, 2.24) is 19.4 Å². The van der Waals surface area contributed by atoms with E-state index >= 15 is 0 Å². The normalized spacial score (nSPS) is 17.5. The van der Waals surface area contributed by atoms with Gasteiger partial charge in [-0.25, -0.2) is 9.78 Å². The second-order valence-corrected chi connectivity index (χ2v) is 9.61. The fraction of sp³-hybridized carbons (Fsp3) is 0.542. The lowest BCUT2D eigenvalue weighted by molar-refractivity contribution is 0.0142. The summed E-state index contributed by atoms with van der Waals surface area (Å²) in [5.41, 5.74) is 2.28. The van der Waals surface area contributed by atoms with Gasteiger partial charge in [0.05, 0.1) is 18.2 Å². The van der Waals surface area contributed by atoms with E-state index < -0.39 is 5.60 Å². The highest BCUT2D eigenvalue weighted by Gasteiger charge is 2.39. The third-order valence-electron chi connectivity index (χ3n) is 5.93. The van der Waals surface area contributed by atoms with Crippen LogP contribution in [-0.4, -0.2) is 62.1 Å². The average molecular weight is 425 g/mol. The number of carbonyl (C=O) groups excluding carboxylic acids is 2. The number of imidazole rings is 1. The van der Waals surface area contributed by atoms with Gasteiger partial charge in [-0.1, -0.05) is 12.1 Å². The van der Waals surface area contributed by atoms with Crippen molar-refractivity contribution < 1.29 is 14.3 Å². The number of aryl methyl sites for hydroxylation is 1. The van der Waals surface area contributed by atoms with Crippen molar-refractivity contribution in [3.05, 3.63) is 42.4 Å². The number of piperidine rings is 1. The van der Waals surface area contributed by atoms with E-state index in [1.54, 1.807) is 11.2 Å². The number of benzene rings is 1. The van der Waals surface area contributed by atoms with Crippen LogP contribution in [0.2, 0.25) is 0 Å². The average Bonchev–Trinajstić information content (AvgIpc) is 3.47. The van der Waals surface area contributed by atoms with Crippen LogP contribution in [0.1, 0.15) is 56.8 Å². The van der Waals surface area contributed by atoms with Crippen molar-refractivity contribution in [2.75, 3.05) is 13.1 Å². The molecule has 1 aliphatic carbocycles. The number of aromatic nitrogens is 2. The SMILES string of the molecule is Cn1cncc1-c1ccc(C(=O)N(C2CC2)C2CCN(C(=O)OC(C)(C)C)CC2)cc1. The molecule has 1 aliphatic heterocycles. The highest BCUT2D eigenvalue weighted by atomic mass is 16.6. The molecule has 7 nitrogen and oxygen atoms in total. The van der Waals surface area contributed by atoms with E-state index in [1.807, 2.05) is 62.8 Å². The summed E-state index contributed by atoms with van der Waals surface area (Å²) in [7, 11) is 1.96. The summed E-state index contributed by atoms with van der Waals surface area (Å²) in [5.74, 6) is 0.0924. The standard InChI is InChI=1S/C24H32N4O3/c1-24(2,3)31-23(30)27-13-11-20(12-14-27)28(19-9-10-19)22(29)18-7-5-17(6-8-18)21-15-25-16-26(21)4/h5-8,15-16,19-20H,9-14H2,1-4H3. The Morgan fingerprint density at radius 1 is 1.03 bits per heavy atom. The van der Waals surface area contributed by atoms with E-state index in [2.05, 4.69) is 9.88 Å². The fourth-order valence-electron chi connectivity index (χ4n) is 4.20. The minimum absolute atomic E-state index is 0.0924. The fourth-order valence-corrected chi connectivity index (χ4v) is 4.20. The molecule has 7 heteroatoms. The van der Waals surface area contributed by atoms with Crippen LogP contribution in [0, 0.1) is 0 Å². The smallest absolute Gasteiger partial charge is 0.410 e. The zero-order chi connectivity index (χ0) is 22.2. The Bertz CT molecular complexity index is 932. The van der Waals surface area contributed by atoms with E-state index in [9.17, 15) is 9.59 Å². The summed E-state index contributed by atoms with van der Waals surface area (Å²) in [6.07, 6.45) is 7.03. The predicted molar refractivity (Wildman–Crippen MR) is 119 cm³/mol. The molecule has 2 fully saturated rings. The maximum absolute atomic E-state index is 13.4. The molecule has 2 aromatic rings. The second-order valence-electron chi connectivity index (χ2n) is 9.61. The van der Waals surface area contributed by atoms with Gasteiger partial charge >= 0.3 is 6.09 Å². The van der Waals surface area contributed by atoms with E-state index in [0.717, 1.165) is 36.9 Å². The molecule has 166 valence electrons. The zero-order valence-electron chi connectivity index (χ0n) is 18.9. The zero-order valence-corrected chi connectivity index (χ0v) is 18.9. The van der Waals surface area contributed by atoms with Crippen molar-refractivity contribution in [2.24, 2.45) is 7.05 Å². The molecule has 0 atom stereocenters. The first-order valence-electron chi connectivity index (χ1n) is 11.1. The molecule has 1 aromatic heterocycles. The van der Waals surface area contributed by atoms with Crippen LogP contribution in [-0.2, 0) is 11.8 Å². The molecule has 0 bridgehead atoms. The van der Waals surface area contributed by atoms with Gasteiger partial charge in [0, 0.05) is 37.8 Å². The summed E-state index contributed by atoms with van der Waals surface area (Å²) in [5, 5.41) is 0. The lowest BCUT2D eigenvalue weighted by Gasteiger charge is -2.39. The van der Waals surface area contributed by atoms with Crippen LogP contribution in [0.15, 0.2) is 36.8 Å². The molecule has 2 amide bonds. The maximum Gasteiger partial charge on any atom is 0.410 e. The monoisotopic (exact) mass is 424 g/mol. The number of amides is 2. The van der Waals surface area contributed by atoms with E-state index in [-0.39, 0.29) is 18.0 Å². The van der Waals surface area contributed by atoms with Gasteiger partial charge in [-0.15, -0.1) is 0 Å². The Hall–Kier alpha value is -2.83. The van der Waals surface area contributed by atoms with Gasteiger partial charge in [0.1, 0.15) is 5.60 Å². The van der Waals surface area contributed by atoms with Crippen molar-refractivity contribution in [1.29, 1.82) is 0 Å². The van der Waals surface area contributed by atoms with Crippen LogP contribution < -0.4 is 0 Å². The van der Waals surface area contributed by atoms with E-state index in [4.69, 9.17) is 4.74 Å². The number of hydrogen-bond acceptors (Lipinski definition) is 4. The minimum Gasteiger partial charge on any atom is -0.444 e. The van der Waals surface area contributed by atoms with Crippen LogP contribution in [0.3, 0.4) is 0 Å². The summed E-state index contributed by atoms with van der Waals surface area (Å²) >= 11 is 0. The van der Waals surface area contributed by atoms with E-state index in [0.29, 0.717) is 24.7 Å². The van der Waals surface area contributed by atoms with Crippen LogP contribution in [0.25, 0.3) is 11.3 Å². The molecule has 1 saturated carbocycles. The Kier molecular flexibility index (Phi) is 5.77. The molecular weight excluding hydrogens is 392 g/mol. The minimum atomic E-state index is -0.494. The lowest BCUT2D eigenvalue weighted by Crippen LogP contribution is -2.50. The first-order chi connectivity index (χ1) is 14.7. The molecule has 2 aliphatic rings. The van der Waals surface area contributed by atoms with Crippen LogP contribution >= 0.6 is 0 Å². The second kappa shape index (κ2) is 8.36. The predicted octanol–water partition coefficient (Wildman–Crippen LogP) is 4.09. The van der Waals surface area contributed by atoms with Gasteiger partial charge < -0.3 is 19.1 Å².